The van der Waals surface area contributed by atoms with E-state index < -0.39 is 33.7 Å². The van der Waals surface area contributed by atoms with Crippen molar-refractivity contribution in [3.05, 3.63) is 0 Å². The van der Waals surface area contributed by atoms with Crippen LogP contribution in [-0.2, 0) is 14.6 Å². The number of aliphatic hydroxyl groups excluding tert-OH is 1. The van der Waals surface area contributed by atoms with Crippen molar-refractivity contribution in [1.82, 2.24) is 5.32 Å². The van der Waals surface area contributed by atoms with Crippen molar-refractivity contribution in [1.29, 1.82) is 0 Å². The summed E-state index contributed by atoms with van der Waals surface area (Å²) in [6.07, 6.45) is -1.50. The van der Waals surface area contributed by atoms with Crippen LogP contribution < -0.4 is 5.32 Å². The van der Waals surface area contributed by atoms with Gasteiger partial charge >= 0.3 is 6.09 Å². The fourth-order valence-electron chi connectivity index (χ4n) is 1.59. The van der Waals surface area contributed by atoms with E-state index >= 15 is 0 Å². The number of rotatable bonds is 1. The molecule has 1 rings (SSSR count). The van der Waals surface area contributed by atoms with Crippen molar-refractivity contribution in [3.8, 4) is 0 Å². The van der Waals surface area contributed by atoms with E-state index in [1.54, 1.807) is 20.8 Å². The van der Waals surface area contributed by atoms with Crippen LogP contribution in [0.3, 0.4) is 0 Å². The highest BCUT2D eigenvalue weighted by atomic mass is 32.2. The highest BCUT2D eigenvalue weighted by Crippen LogP contribution is 2.14. The molecule has 17 heavy (non-hydrogen) atoms. The number of alkyl carbamates (subject to hydrolysis) is 1. The van der Waals surface area contributed by atoms with Crippen LogP contribution in [0, 0.1) is 0 Å². The van der Waals surface area contributed by atoms with Crippen molar-refractivity contribution in [2.75, 3.05) is 11.5 Å². The van der Waals surface area contributed by atoms with Gasteiger partial charge in [-0.15, -0.1) is 0 Å². The summed E-state index contributed by atoms with van der Waals surface area (Å²) in [6.45, 7) is 5.19. The Kier molecular flexibility index (Phi) is 4.03. The molecule has 0 aliphatic carbocycles. The van der Waals surface area contributed by atoms with Crippen molar-refractivity contribution in [3.63, 3.8) is 0 Å². The molecule has 0 bridgehead atoms. The first-order valence-corrected chi connectivity index (χ1v) is 7.29. The lowest BCUT2D eigenvalue weighted by molar-refractivity contribution is 0.0432. The third-order valence-electron chi connectivity index (χ3n) is 2.33. The summed E-state index contributed by atoms with van der Waals surface area (Å²) in [4.78, 5) is 11.4. The average Bonchev–Trinajstić information content (AvgIpc) is 2.06. The number of aliphatic hydroxyl groups is 1. The number of ether oxygens (including phenoxy) is 1. The van der Waals surface area contributed by atoms with Gasteiger partial charge in [0.2, 0.25) is 0 Å². The third-order valence-corrected chi connectivity index (χ3v) is 4.04. The summed E-state index contributed by atoms with van der Waals surface area (Å²) in [5.74, 6) is -0.335. The Morgan fingerprint density at radius 1 is 1.41 bits per heavy atom. The molecule has 1 aliphatic heterocycles. The molecule has 0 saturated carbocycles. The van der Waals surface area contributed by atoms with Crippen LogP contribution in [0.5, 0.6) is 0 Å². The Balaban J connectivity index is 2.51. The molecule has 1 saturated heterocycles. The van der Waals surface area contributed by atoms with Gasteiger partial charge in [0, 0.05) is 0 Å². The molecule has 1 aliphatic rings. The van der Waals surface area contributed by atoms with Gasteiger partial charge < -0.3 is 15.2 Å². The minimum absolute atomic E-state index is 0.0233. The number of hydrogen-bond donors (Lipinski definition) is 2. The Labute approximate surface area is 101 Å². The molecule has 2 N–H and O–H groups in total. The molecule has 7 heteroatoms. The van der Waals surface area contributed by atoms with Gasteiger partial charge in [0.25, 0.3) is 0 Å². The maximum absolute atomic E-state index is 11.4. The van der Waals surface area contributed by atoms with Gasteiger partial charge in [-0.1, -0.05) is 0 Å². The topological polar surface area (TPSA) is 92.7 Å². The van der Waals surface area contributed by atoms with Crippen LogP contribution in [0.4, 0.5) is 4.79 Å². The van der Waals surface area contributed by atoms with Crippen molar-refractivity contribution < 1.29 is 23.1 Å². The summed E-state index contributed by atoms with van der Waals surface area (Å²) in [7, 11) is -3.18. The zero-order chi connectivity index (χ0) is 13.3. The van der Waals surface area contributed by atoms with E-state index in [0.717, 1.165) is 0 Å². The lowest BCUT2D eigenvalue weighted by atomic mass is 10.1. The standard InChI is InChI=1S/C10H19NO5S/c1-10(2,3)16-9(13)11-7-4-5-17(14,15)6-8(7)12/h7-8,12H,4-6H2,1-3H3,(H,11,13)/t7-,8+/m1/s1. The lowest BCUT2D eigenvalue weighted by Gasteiger charge is -2.29. The predicted octanol–water partition coefficient (Wildman–Crippen LogP) is 0.0591. The van der Waals surface area contributed by atoms with Crippen LogP contribution in [0.2, 0.25) is 0 Å². The van der Waals surface area contributed by atoms with Crippen LogP contribution >= 0.6 is 0 Å². The van der Waals surface area contributed by atoms with E-state index in [1.807, 2.05) is 0 Å². The van der Waals surface area contributed by atoms with Gasteiger partial charge in [-0.05, 0) is 27.2 Å². The lowest BCUT2D eigenvalue weighted by Crippen LogP contribution is -2.51. The van der Waals surface area contributed by atoms with Crippen molar-refractivity contribution >= 4 is 15.9 Å². The normalized spacial score (nSPS) is 28.5. The molecule has 0 aromatic rings. The molecule has 0 aromatic carbocycles. The summed E-state index contributed by atoms with van der Waals surface area (Å²) in [6, 6.07) is -0.562. The molecule has 2 atom stereocenters. The SMILES string of the molecule is CC(C)(C)OC(=O)N[C@@H]1CCS(=O)(=O)C[C@@H]1O. The minimum atomic E-state index is -3.18. The van der Waals surface area contributed by atoms with Gasteiger partial charge in [0.15, 0.2) is 9.84 Å². The first-order chi connectivity index (χ1) is 7.59. The summed E-state index contributed by atoms with van der Waals surface area (Å²) in [5.41, 5.74) is -0.615. The second kappa shape index (κ2) is 4.81. The van der Waals surface area contributed by atoms with E-state index in [0.29, 0.717) is 0 Å². The summed E-state index contributed by atoms with van der Waals surface area (Å²) < 4.78 is 27.5. The molecular weight excluding hydrogens is 246 g/mol. The smallest absolute Gasteiger partial charge is 0.407 e. The largest absolute Gasteiger partial charge is 0.444 e. The highest BCUT2D eigenvalue weighted by molar-refractivity contribution is 7.91. The van der Waals surface area contributed by atoms with Crippen molar-refractivity contribution in [2.24, 2.45) is 0 Å². The number of amides is 1. The molecule has 0 radical (unpaired) electrons. The van der Waals surface area contributed by atoms with Crippen LogP contribution in [-0.4, -0.2) is 48.9 Å². The number of sulfone groups is 1. The Hall–Kier alpha value is -0.820. The van der Waals surface area contributed by atoms with Crippen LogP contribution in [0.15, 0.2) is 0 Å². The number of carbonyl (C=O) groups excluding carboxylic acids is 1. The summed E-state index contributed by atoms with van der Waals surface area (Å²) in [5, 5.41) is 12.1. The van der Waals surface area contributed by atoms with Gasteiger partial charge in [0.05, 0.1) is 23.7 Å². The van der Waals surface area contributed by atoms with E-state index in [9.17, 15) is 18.3 Å². The molecular formula is C10H19NO5S. The second-order valence-corrected chi connectivity index (χ2v) is 7.45. The molecule has 0 unspecified atom stereocenters. The quantitative estimate of drug-likeness (QED) is 0.699. The number of hydrogen-bond acceptors (Lipinski definition) is 5. The molecule has 1 amide bonds. The highest BCUT2D eigenvalue weighted by Gasteiger charge is 2.33. The predicted molar refractivity (Wildman–Crippen MR) is 62.4 cm³/mol. The first-order valence-electron chi connectivity index (χ1n) is 5.47. The molecule has 6 nitrogen and oxygen atoms in total. The first kappa shape index (κ1) is 14.2. The molecule has 1 fully saturated rings. The average molecular weight is 265 g/mol. The minimum Gasteiger partial charge on any atom is -0.444 e. The Bertz CT molecular complexity index is 384. The fraction of sp³-hybridized carbons (Fsp3) is 0.900. The van der Waals surface area contributed by atoms with Crippen molar-refractivity contribution in [2.45, 2.75) is 44.9 Å². The van der Waals surface area contributed by atoms with E-state index in [-0.39, 0.29) is 17.9 Å². The van der Waals surface area contributed by atoms with Crippen LogP contribution in [0.1, 0.15) is 27.2 Å². The maximum atomic E-state index is 11.4. The summed E-state index contributed by atoms with van der Waals surface area (Å²) >= 11 is 0. The number of nitrogens with one attached hydrogen (secondary N) is 1. The van der Waals surface area contributed by atoms with Gasteiger partial charge in [-0.3, -0.25) is 0 Å². The Morgan fingerprint density at radius 3 is 2.47 bits per heavy atom. The maximum Gasteiger partial charge on any atom is 0.407 e. The second-order valence-electron chi connectivity index (χ2n) is 5.22. The van der Waals surface area contributed by atoms with Gasteiger partial charge in [-0.25, -0.2) is 13.2 Å². The molecule has 100 valence electrons. The van der Waals surface area contributed by atoms with E-state index in [1.165, 1.54) is 0 Å². The zero-order valence-corrected chi connectivity index (χ0v) is 11.1. The third kappa shape index (κ3) is 4.91. The van der Waals surface area contributed by atoms with E-state index in [4.69, 9.17) is 4.74 Å². The monoisotopic (exact) mass is 265 g/mol. The fourth-order valence-corrected chi connectivity index (χ4v) is 3.12. The molecule has 1 heterocycles. The Morgan fingerprint density at radius 2 is 2.00 bits per heavy atom. The zero-order valence-electron chi connectivity index (χ0n) is 10.3. The van der Waals surface area contributed by atoms with Gasteiger partial charge in [-0.2, -0.15) is 0 Å². The molecule has 0 aromatic heterocycles. The van der Waals surface area contributed by atoms with E-state index in [2.05, 4.69) is 5.32 Å². The number of carbonyl (C=O) groups is 1. The van der Waals surface area contributed by atoms with Crippen LogP contribution in [0.25, 0.3) is 0 Å². The van der Waals surface area contributed by atoms with Gasteiger partial charge in [0.1, 0.15) is 5.60 Å². The molecule has 0 spiro atoms.